The van der Waals surface area contributed by atoms with Gasteiger partial charge >= 0.3 is 6.36 Å². The fourth-order valence-corrected chi connectivity index (χ4v) is 2.19. The molecule has 0 saturated heterocycles. The summed E-state index contributed by atoms with van der Waals surface area (Å²) in [4.78, 5) is 3.53. The molecule has 3 rings (SSSR count). The molecule has 0 aliphatic carbocycles. The Morgan fingerprint density at radius 3 is 2.70 bits per heavy atom. The first-order valence-electron chi connectivity index (χ1n) is 6.29. The Morgan fingerprint density at radius 1 is 1.26 bits per heavy atom. The van der Waals surface area contributed by atoms with Crippen LogP contribution in [0.1, 0.15) is 0 Å². The molecule has 3 N–H and O–H groups in total. The molecule has 0 bridgehead atoms. The largest absolute Gasteiger partial charge is 0.574 e. The average molecular weight is 344 g/mol. The number of rotatable bonds is 3. The van der Waals surface area contributed by atoms with Crippen LogP contribution in [0.15, 0.2) is 40.9 Å². The van der Waals surface area contributed by atoms with Crippen LogP contribution >= 0.6 is 11.6 Å². The zero-order chi connectivity index (χ0) is 16.6. The topological polar surface area (TPSA) is 73.3 Å². The lowest BCUT2D eigenvalue weighted by Crippen LogP contribution is -2.17. The van der Waals surface area contributed by atoms with E-state index < -0.39 is 12.2 Å². The Labute approximate surface area is 132 Å². The number of hydrogen-bond donors (Lipinski definition) is 2. The van der Waals surface area contributed by atoms with Crippen molar-refractivity contribution in [3.8, 4) is 5.88 Å². The SMILES string of the molecule is Nc1oc2cnc(OC(F)(F)F)cc2c1Nc1ccccc1Cl. The number of nitrogens with zero attached hydrogens (tertiary/aromatic N) is 1. The van der Waals surface area contributed by atoms with Crippen LogP contribution in [0.2, 0.25) is 5.02 Å². The van der Waals surface area contributed by atoms with Crippen molar-refractivity contribution in [1.82, 2.24) is 4.98 Å². The van der Waals surface area contributed by atoms with Crippen molar-refractivity contribution >= 4 is 39.8 Å². The quantitative estimate of drug-likeness (QED) is 0.720. The standard InChI is InChI=1S/C14H9ClF3N3O2/c15-8-3-1-2-4-9(8)21-12-7-5-11(23-14(16,17)18)20-6-10(7)22-13(12)19/h1-6,21H,19H2. The molecule has 0 unspecified atom stereocenters. The van der Waals surface area contributed by atoms with Gasteiger partial charge in [0.2, 0.25) is 11.8 Å². The van der Waals surface area contributed by atoms with Crippen molar-refractivity contribution in [1.29, 1.82) is 0 Å². The van der Waals surface area contributed by atoms with E-state index in [1.807, 2.05) is 0 Å². The van der Waals surface area contributed by atoms with Crippen molar-refractivity contribution in [2.45, 2.75) is 6.36 Å². The Balaban J connectivity index is 2.04. The molecule has 0 aliphatic heterocycles. The molecule has 2 aromatic heterocycles. The second kappa shape index (κ2) is 5.54. The number of anilines is 3. The Kier molecular flexibility index (Phi) is 3.69. The molecular weight excluding hydrogens is 335 g/mol. The number of para-hydroxylation sites is 1. The maximum Gasteiger partial charge on any atom is 0.574 e. The van der Waals surface area contributed by atoms with E-state index in [-0.39, 0.29) is 22.5 Å². The predicted molar refractivity (Wildman–Crippen MR) is 79.8 cm³/mol. The van der Waals surface area contributed by atoms with Crippen LogP contribution in [0.3, 0.4) is 0 Å². The van der Waals surface area contributed by atoms with E-state index in [4.69, 9.17) is 21.8 Å². The number of nitrogens with one attached hydrogen (secondary N) is 1. The average Bonchev–Trinajstić information content (AvgIpc) is 2.76. The molecule has 0 saturated carbocycles. The number of nitrogen functional groups attached to an aromatic ring is 1. The highest BCUT2D eigenvalue weighted by atomic mass is 35.5. The van der Waals surface area contributed by atoms with Gasteiger partial charge in [-0.3, -0.25) is 0 Å². The Morgan fingerprint density at radius 2 is 2.00 bits per heavy atom. The van der Waals surface area contributed by atoms with E-state index in [2.05, 4.69) is 15.0 Å². The summed E-state index contributed by atoms with van der Waals surface area (Å²) in [5.74, 6) is -0.626. The lowest BCUT2D eigenvalue weighted by Gasteiger charge is -2.09. The highest BCUT2D eigenvalue weighted by Crippen LogP contribution is 2.38. The van der Waals surface area contributed by atoms with Crippen molar-refractivity contribution in [2.75, 3.05) is 11.1 Å². The number of alkyl halides is 3. The summed E-state index contributed by atoms with van der Waals surface area (Å²) in [6, 6.07) is 7.91. The number of hydrogen-bond acceptors (Lipinski definition) is 5. The van der Waals surface area contributed by atoms with Gasteiger partial charge in [-0.15, -0.1) is 13.2 Å². The third kappa shape index (κ3) is 3.26. The van der Waals surface area contributed by atoms with Crippen LogP contribution in [0, 0.1) is 0 Å². The molecule has 0 amide bonds. The van der Waals surface area contributed by atoms with Gasteiger partial charge in [0.1, 0.15) is 5.69 Å². The van der Waals surface area contributed by atoms with Crippen LogP contribution < -0.4 is 15.8 Å². The molecule has 0 aliphatic rings. The summed E-state index contributed by atoms with van der Waals surface area (Å²) in [7, 11) is 0. The predicted octanol–water partition coefficient (Wildman–Crippen LogP) is 4.71. The lowest BCUT2D eigenvalue weighted by atomic mass is 10.2. The van der Waals surface area contributed by atoms with Gasteiger partial charge in [-0.05, 0) is 12.1 Å². The number of nitrogens with two attached hydrogens (primary N) is 1. The van der Waals surface area contributed by atoms with Crippen LogP contribution in [-0.2, 0) is 0 Å². The fraction of sp³-hybridized carbons (Fsp3) is 0.0714. The summed E-state index contributed by atoms with van der Waals surface area (Å²) < 4.78 is 46.0. The van der Waals surface area contributed by atoms with Crippen molar-refractivity contribution in [3.05, 3.63) is 41.6 Å². The summed E-state index contributed by atoms with van der Waals surface area (Å²) in [5, 5.41) is 3.65. The second-order valence-electron chi connectivity index (χ2n) is 4.51. The van der Waals surface area contributed by atoms with Gasteiger partial charge in [0.15, 0.2) is 5.58 Å². The summed E-state index contributed by atoms with van der Waals surface area (Å²) in [6.45, 7) is 0. The summed E-state index contributed by atoms with van der Waals surface area (Å²) in [5.41, 5.74) is 6.79. The Hall–Kier alpha value is -2.61. The minimum Gasteiger partial charge on any atom is -0.437 e. The van der Waals surface area contributed by atoms with Gasteiger partial charge < -0.3 is 20.2 Å². The van der Waals surface area contributed by atoms with E-state index >= 15 is 0 Å². The van der Waals surface area contributed by atoms with Gasteiger partial charge in [0.25, 0.3) is 0 Å². The number of ether oxygens (including phenoxy) is 1. The van der Waals surface area contributed by atoms with E-state index in [9.17, 15) is 13.2 Å². The third-order valence-electron chi connectivity index (χ3n) is 2.93. The summed E-state index contributed by atoms with van der Waals surface area (Å²) >= 11 is 6.04. The van der Waals surface area contributed by atoms with Crippen molar-refractivity contribution in [3.63, 3.8) is 0 Å². The number of aromatic nitrogens is 1. The smallest absolute Gasteiger partial charge is 0.437 e. The lowest BCUT2D eigenvalue weighted by molar-refractivity contribution is -0.276. The number of pyridine rings is 1. The van der Waals surface area contributed by atoms with Crippen molar-refractivity contribution in [2.24, 2.45) is 0 Å². The molecule has 2 heterocycles. The van der Waals surface area contributed by atoms with Crippen LogP contribution in [0.5, 0.6) is 5.88 Å². The first-order valence-corrected chi connectivity index (χ1v) is 6.66. The number of benzene rings is 1. The first kappa shape index (κ1) is 15.3. The highest BCUT2D eigenvalue weighted by molar-refractivity contribution is 6.33. The number of halogens is 4. The molecular formula is C14H9ClF3N3O2. The fourth-order valence-electron chi connectivity index (χ4n) is 2.00. The van der Waals surface area contributed by atoms with Crippen molar-refractivity contribution < 1.29 is 22.3 Å². The minimum absolute atomic E-state index is 0.00845. The highest BCUT2D eigenvalue weighted by Gasteiger charge is 2.32. The van der Waals surface area contributed by atoms with Crippen LogP contribution in [-0.4, -0.2) is 11.3 Å². The zero-order valence-corrected chi connectivity index (χ0v) is 12.1. The van der Waals surface area contributed by atoms with Crippen LogP contribution in [0.25, 0.3) is 11.0 Å². The minimum atomic E-state index is -4.84. The van der Waals surface area contributed by atoms with E-state index in [0.717, 1.165) is 12.3 Å². The molecule has 0 radical (unpaired) electrons. The molecule has 9 heteroatoms. The van der Waals surface area contributed by atoms with E-state index in [1.54, 1.807) is 24.3 Å². The summed E-state index contributed by atoms with van der Waals surface area (Å²) in [6.07, 6.45) is -3.74. The van der Waals surface area contributed by atoms with Gasteiger partial charge in [0.05, 0.1) is 22.3 Å². The monoisotopic (exact) mass is 343 g/mol. The number of fused-ring (bicyclic) bond motifs is 1. The maximum absolute atomic E-state index is 12.3. The van der Waals surface area contributed by atoms with E-state index in [1.165, 1.54) is 0 Å². The first-order chi connectivity index (χ1) is 10.8. The Bertz CT molecular complexity index is 864. The van der Waals surface area contributed by atoms with Gasteiger partial charge in [-0.1, -0.05) is 23.7 Å². The molecule has 0 atom stereocenters. The van der Waals surface area contributed by atoms with Gasteiger partial charge in [0, 0.05) is 6.07 Å². The van der Waals surface area contributed by atoms with Gasteiger partial charge in [-0.2, -0.15) is 0 Å². The molecule has 5 nitrogen and oxygen atoms in total. The number of furan rings is 1. The maximum atomic E-state index is 12.3. The van der Waals surface area contributed by atoms with E-state index in [0.29, 0.717) is 10.7 Å². The molecule has 23 heavy (non-hydrogen) atoms. The molecule has 120 valence electrons. The molecule has 0 fully saturated rings. The molecule has 0 spiro atoms. The second-order valence-corrected chi connectivity index (χ2v) is 4.92. The van der Waals surface area contributed by atoms with Gasteiger partial charge in [-0.25, -0.2) is 4.98 Å². The molecule has 1 aromatic carbocycles. The third-order valence-corrected chi connectivity index (χ3v) is 3.26. The van der Waals surface area contributed by atoms with Crippen LogP contribution in [0.4, 0.5) is 30.4 Å². The molecule has 3 aromatic rings. The zero-order valence-electron chi connectivity index (χ0n) is 11.3. The normalized spacial score (nSPS) is 11.7.